The molecule has 6 heteroatoms. The van der Waals surface area contributed by atoms with Crippen LogP contribution >= 0.6 is 11.8 Å². The van der Waals surface area contributed by atoms with E-state index in [2.05, 4.69) is 52.9 Å². The molecule has 1 unspecified atom stereocenters. The van der Waals surface area contributed by atoms with E-state index in [1.165, 1.54) is 16.7 Å². The predicted molar refractivity (Wildman–Crippen MR) is 77.2 cm³/mol. The third-order valence-corrected chi connectivity index (χ3v) is 4.35. The first-order valence-corrected chi connectivity index (χ1v) is 7.20. The van der Waals surface area contributed by atoms with Gasteiger partial charge in [-0.2, -0.15) is 0 Å². The SMILES string of the molecule is CNC(CSc1nnnn1C)c1ccc(C)c(C)c1. The second-order valence-corrected chi connectivity index (χ2v) is 5.57. The van der Waals surface area contributed by atoms with Crippen LogP contribution in [0.15, 0.2) is 23.4 Å². The summed E-state index contributed by atoms with van der Waals surface area (Å²) in [4.78, 5) is 0. The minimum absolute atomic E-state index is 0.293. The first-order chi connectivity index (χ1) is 9.11. The summed E-state index contributed by atoms with van der Waals surface area (Å²) in [6.45, 7) is 4.28. The number of aryl methyl sites for hydroxylation is 3. The highest BCUT2D eigenvalue weighted by molar-refractivity contribution is 7.99. The van der Waals surface area contributed by atoms with Crippen LogP contribution in [0.1, 0.15) is 22.7 Å². The van der Waals surface area contributed by atoms with Crippen LogP contribution < -0.4 is 5.32 Å². The van der Waals surface area contributed by atoms with E-state index in [1.54, 1.807) is 16.4 Å². The summed E-state index contributed by atoms with van der Waals surface area (Å²) in [6, 6.07) is 6.88. The highest BCUT2D eigenvalue weighted by Crippen LogP contribution is 2.23. The molecule has 0 saturated heterocycles. The van der Waals surface area contributed by atoms with Gasteiger partial charge >= 0.3 is 0 Å². The summed E-state index contributed by atoms with van der Waals surface area (Å²) in [5.41, 5.74) is 3.94. The van der Waals surface area contributed by atoms with Crippen molar-refractivity contribution in [3.8, 4) is 0 Å². The first kappa shape index (κ1) is 14.0. The quantitative estimate of drug-likeness (QED) is 0.846. The van der Waals surface area contributed by atoms with Crippen LogP contribution in [0.4, 0.5) is 0 Å². The summed E-state index contributed by atoms with van der Waals surface area (Å²) in [7, 11) is 3.84. The molecule has 1 aromatic carbocycles. The molecule has 0 bridgehead atoms. The van der Waals surface area contributed by atoms with Crippen LogP contribution in [0.5, 0.6) is 0 Å². The minimum Gasteiger partial charge on any atom is -0.312 e. The Kier molecular flexibility index (Phi) is 4.55. The lowest BCUT2D eigenvalue weighted by molar-refractivity contribution is 0.648. The maximum Gasteiger partial charge on any atom is 0.209 e. The van der Waals surface area contributed by atoms with Crippen LogP contribution in [-0.4, -0.2) is 33.0 Å². The van der Waals surface area contributed by atoms with Crippen molar-refractivity contribution < 1.29 is 0 Å². The Labute approximate surface area is 117 Å². The van der Waals surface area contributed by atoms with E-state index in [0.29, 0.717) is 6.04 Å². The lowest BCUT2D eigenvalue weighted by Gasteiger charge is -2.17. The molecule has 2 rings (SSSR count). The molecule has 0 radical (unpaired) electrons. The van der Waals surface area contributed by atoms with Crippen molar-refractivity contribution >= 4 is 11.8 Å². The van der Waals surface area contributed by atoms with E-state index < -0.39 is 0 Å². The second kappa shape index (κ2) is 6.16. The zero-order valence-corrected chi connectivity index (χ0v) is 12.5. The van der Waals surface area contributed by atoms with Crippen LogP contribution in [-0.2, 0) is 7.05 Å². The van der Waals surface area contributed by atoms with Gasteiger partial charge in [0.05, 0.1) is 0 Å². The number of nitrogens with zero attached hydrogens (tertiary/aromatic N) is 4. The summed E-state index contributed by atoms with van der Waals surface area (Å²) in [6.07, 6.45) is 0. The predicted octanol–water partition coefficient (Wildman–Crippen LogP) is 1.88. The van der Waals surface area contributed by atoms with Crippen molar-refractivity contribution in [1.29, 1.82) is 0 Å². The zero-order chi connectivity index (χ0) is 13.8. The molecule has 19 heavy (non-hydrogen) atoms. The van der Waals surface area contributed by atoms with E-state index in [4.69, 9.17) is 0 Å². The first-order valence-electron chi connectivity index (χ1n) is 6.21. The van der Waals surface area contributed by atoms with Crippen molar-refractivity contribution in [2.24, 2.45) is 7.05 Å². The van der Waals surface area contributed by atoms with Gasteiger partial charge in [-0.3, -0.25) is 0 Å². The number of hydrogen-bond acceptors (Lipinski definition) is 5. The molecule has 1 N–H and O–H groups in total. The van der Waals surface area contributed by atoms with Gasteiger partial charge in [-0.25, -0.2) is 4.68 Å². The third kappa shape index (κ3) is 3.33. The van der Waals surface area contributed by atoms with Crippen molar-refractivity contribution in [3.05, 3.63) is 34.9 Å². The van der Waals surface area contributed by atoms with Crippen LogP contribution in [0.2, 0.25) is 0 Å². The highest BCUT2D eigenvalue weighted by atomic mass is 32.2. The molecule has 5 nitrogen and oxygen atoms in total. The Morgan fingerprint density at radius 1 is 1.32 bits per heavy atom. The topological polar surface area (TPSA) is 55.6 Å². The fourth-order valence-electron chi connectivity index (χ4n) is 1.83. The Bertz CT molecular complexity index is 552. The zero-order valence-electron chi connectivity index (χ0n) is 11.7. The lowest BCUT2D eigenvalue weighted by Crippen LogP contribution is -2.19. The number of hydrogen-bond donors (Lipinski definition) is 1. The molecule has 0 aliphatic carbocycles. The fourth-order valence-corrected chi connectivity index (χ4v) is 2.82. The van der Waals surface area contributed by atoms with Crippen LogP contribution in [0.3, 0.4) is 0 Å². The molecule has 1 aromatic heterocycles. The Balaban J connectivity index is 2.07. The molecule has 0 aliphatic heterocycles. The number of thioether (sulfide) groups is 1. The average molecular weight is 277 g/mol. The Morgan fingerprint density at radius 3 is 2.68 bits per heavy atom. The van der Waals surface area contributed by atoms with Crippen molar-refractivity contribution in [2.45, 2.75) is 25.0 Å². The molecular formula is C13H19N5S. The van der Waals surface area contributed by atoms with Crippen molar-refractivity contribution in [2.75, 3.05) is 12.8 Å². The molecule has 0 spiro atoms. The molecule has 1 atom stereocenters. The summed E-state index contributed by atoms with van der Waals surface area (Å²) < 4.78 is 1.69. The maximum atomic E-state index is 3.98. The molecular weight excluding hydrogens is 258 g/mol. The van der Waals surface area contributed by atoms with Gasteiger partial charge in [0.2, 0.25) is 5.16 Å². The molecule has 0 aliphatic rings. The van der Waals surface area contributed by atoms with E-state index >= 15 is 0 Å². The molecule has 1 heterocycles. The van der Waals surface area contributed by atoms with Gasteiger partial charge in [0.15, 0.2) is 0 Å². The molecule has 102 valence electrons. The van der Waals surface area contributed by atoms with E-state index in [1.807, 2.05) is 14.1 Å². The van der Waals surface area contributed by atoms with Gasteiger partial charge in [0.1, 0.15) is 0 Å². The van der Waals surface area contributed by atoms with Gasteiger partial charge in [-0.05, 0) is 48.0 Å². The largest absolute Gasteiger partial charge is 0.312 e. The maximum absolute atomic E-state index is 3.98. The van der Waals surface area contributed by atoms with Crippen molar-refractivity contribution in [3.63, 3.8) is 0 Å². The molecule has 2 aromatic rings. The molecule has 0 saturated carbocycles. The van der Waals surface area contributed by atoms with Gasteiger partial charge in [0, 0.05) is 18.8 Å². The summed E-state index contributed by atoms with van der Waals surface area (Å²) in [5, 5.41) is 15.6. The second-order valence-electron chi connectivity index (χ2n) is 4.58. The van der Waals surface area contributed by atoms with E-state index in [0.717, 1.165) is 10.9 Å². The number of aromatic nitrogens is 4. The fraction of sp³-hybridized carbons (Fsp3) is 0.462. The Hall–Kier alpha value is -1.40. The number of tetrazole rings is 1. The number of rotatable bonds is 5. The average Bonchev–Trinajstić information content (AvgIpc) is 2.80. The summed E-state index contributed by atoms with van der Waals surface area (Å²) in [5.74, 6) is 0.896. The highest BCUT2D eigenvalue weighted by Gasteiger charge is 2.12. The van der Waals surface area contributed by atoms with Crippen LogP contribution in [0.25, 0.3) is 0 Å². The monoisotopic (exact) mass is 277 g/mol. The van der Waals surface area contributed by atoms with Gasteiger partial charge in [-0.15, -0.1) is 5.10 Å². The van der Waals surface area contributed by atoms with E-state index in [9.17, 15) is 0 Å². The number of benzene rings is 1. The third-order valence-electron chi connectivity index (χ3n) is 3.24. The van der Waals surface area contributed by atoms with Crippen molar-refractivity contribution in [1.82, 2.24) is 25.5 Å². The minimum atomic E-state index is 0.293. The molecule has 0 amide bonds. The van der Waals surface area contributed by atoms with Gasteiger partial charge in [0.25, 0.3) is 0 Å². The smallest absolute Gasteiger partial charge is 0.209 e. The van der Waals surface area contributed by atoms with Gasteiger partial charge < -0.3 is 5.32 Å². The number of nitrogens with one attached hydrogen (secondary N) is 1. The van der Waals surface area contributed by atoms with Crippen LogP contribution in [0, 0.1) is 13.8 Å². The Morgan fingerprint density at radius 2 is 2.11 bits per heavy atom. The standard InChI is InChI=1S/C13H19N5S/c1-9-5-6-11(7-10(9)2)12(14-3)8-19-13-15-16-17-18(13)4/h5-7,12,14H,8H2,1-4H3. The van der Waals surface area contributed by atoms with E-state index in [-0.39, 0.29) is 0 Å². The summed E-state index contributed by atoms with van der Waals surface area (Å²) >= 11 is 1.66. The molecule has 0 fully saturated rings. The lowest BCUT2D eigenvalue weighted by atomic mass is 10.0. The normalized spacial score (nSPS) is 12.6. The van der Waals surface area contributed by atoms with Gasteiger partial charge in [-0.1, -0.05) is 30.0 Å².